The number of anilines is 2. The van der Waals surface area contributed by atoms with Gasteiger partial charge in [0.1, 0.15) is 11.6 Å². The third-order valence-corrected chi connectivity index (χ3v) is 5.46. The standard InChI is InChI=1S/C23H27N5O3/c1-15-12-16(29)6-7-20(15)28(25)14-19(24)17-4-2-5-18-21(30)13-22(26-23(17)18)27-8-3-10-31-11-9-27/h2,4-7,12-14,29H,3,8-11,24-25H2,1H3,(H,26,30)/b19-14-. The highest BCUT2D eigenvalue weighted by atomic mass is 16.5. The summed E-state index contributed by atoms with van der Waals surface area (Å²) < 4.78 is 5.53. The van der Waals surface area contributed by atoms with Crippen LogP contribution < -0.4 is 26.9 Å². The summed E-state index contributed by atoms with van der Waals surface area (Å²) in [5.74, 6) is 7.15. The van der Waals surface area contributed by atoms with Gasteiger partial charge < -0.3 is 25.5 Å². The maximum absolute atomic E-state index is 12.8. The van der Waals surface area contributed by atoms with Crippen LogP contribution in [0.1, 0.15) is 17.5 Å². The Morgan fingerprint density at radius 2 is 2.06 bits per heavy atom. The third-order valence-electron chi connectivity index (χ3n) is 5.46. The Morgan fingerprint density at radius 3 is 2.87 bits per heavy atom. The van der Waals surface area contributed by atoms with Gasteiger partial charge in [0.05, 0.1) is 23.5 Å². The normalized spacial score (nSPS) is 15.2. The molecule has 31 heavy (non-hydrogen) atoms. The zero-order chi connectivity index (χ0) is 22.0. The number of nitrogens with one attached hydrogen (secondary N) is 1. The van der Waals surface area contributed by atoms with E-state index >= 15 is 0 Å². The fraction of sp³-hybridized carbons (Fsp3) is 0.261. The van der Waals surface area contributed by atoms with Crippen molar-refractivity contribution in [1.29, 1.82) is 0 Å². The molecule has 1 aliphatic heterocycles. The van der Waals surface area contributed by atoms with Crippen LogP contribution in [0.3, 0.4) is 0 Å². The first kappa shape index (κ1) is 20.8. The van der Waals surface area contributed by atoms with Gasteiger partial charge in [0.15, 0.2) is 5.43 Å². The number of fused-ring (bicyclic) bond motifs is 1. The molecule has 8 nitrogen and oxygen atoms in total. The van der Waals surface area contributed by atoms with Crippen LogP contribution in [0.25, 0.3) is 16.6 Å². The summed E-state index contributed by atoms with van der Waals surface area (Å²) in [5, 5.41) is 11.6. The average molecular weight is 422 g/mol. The van der Waals surface area contributed by atoms with Crippen molar-refractivity contribution < 1.29 is 9.84 Å². The van der Waals surface area contributed by atoms with E-state index in [0.717, 1.165) is 31.0 Å². The summed E-state index contributed by atoms with van der Waals surface area (Å²) in [5.41, 5.74) is 9.63. The lowest BCUT2D eigenvalue weighted by molar-refractivity contribution is 0.152. The number of aromatic nitrogens is 1. The highest BCUT2D eigenvalue weighted by Crippen LogP contribution is 2.26. The van der Waals surface area contributed by atoms with Gasteiger partial charge in [-0.2, -0.15) is 0 Å². The van der Waals surface area contributed by atoms with Gasteiger partial charge in [0, 0.05) is 42.9 Å². The lowest BCUT2D eigenvalue weighted by Crippen LogP contribution is -2.28. The molecule has 162 valence electrons. The molecule has 2 aromatic carbocycles. The molecule has 0 unspecified atom stereocenters. The summed E-state index contributed by atoms with van der Waals surface area (Å²) >= 11 is 0. The minimum atomic E-state index is -0.0671. The van der Waals surface area contributed by atoms with Crippen LogP contribution in [0.15, 0.2) is 53.5 Å². The van der Waals surface area contributed by atoms with Gasteiger partial charge in [-0.25, -0.2) is 5.84 Å². The van der Waals surface area contributed by atoms with Gasteiger partial charge >= 0.3 is 0 Å². The van der Waals surface area contributed by atoms with E-state index in [-0.39, 0.29) is 11.2 Å². The first-order chi connectivity index (χ1) is 14.9. The van der Waals surface area contributed by atoms with E-state index in [9.17, 15) is 9.90 Å². The highest BCUT2D eigenvalue weighted by molar-refractivity contribution is 5.91. The zero-order valence-corrected chi connectivity index (χ0v) is 17.5. The Morgan fingerprint density at radius 1 is 1.23 bits per heavy atom. The van der Waals surface area contributed by atoms with Crippen LogP contribution in [0.2, 0.25) is 0 Å². The molecule has 6 N–H and O–H groups in total. The maximum atomic E-state index is 12.8. The molecular weight excluding hydrogens is 394 g/mol. The molecule has 0 spiro atoms. The van der Waals surface area contributed by atoms with Gasteiger partial charge in [0.25, 0.3) is 0 Å². The van der Waals surface area contributed by atoms with Crippen molar-refractivity contribution in [2.24, 2.45) is 11.6 Å². The van der Waals surface area contributed by atoms with Gasteiger partial charge in [-0.3, -0.25) is 9.80 Å². The number of ether oxygens (including phenoxy) is 1. The quantitative estimate of drug-likeness (QED) is 0.377. The maximum Gasteiger partial charge on any atom is 0.191 e. The van der Waals surface area contributed by atoms with Gasteiger partial charge in [-0.15, -0.1) is 0 Å². The number of rotatable bonds is 4. The number of H-pyrrole nitrogens is 1. The van der Waals surface area contributed by atoms with Gasteiger partial charge in [-0.1, -0.05) is 12.1 Å². The summed E-state index contributed by atoms with van der Waals surface area (Å²) in [4.78, 5) is 18.4. The van der Waals surface area contributed by atoms with E-state index < -0.39 is 0 Å². The van der Waals surface area contributed by atoms with Crippen molar-refractivity contribution >= 4 is 28.1 Å². The average Bonchev–Trinajstić information content (AvgIpc) is 3.02. The summed E-state index contributed by atoms with van der Waals surface area (Å²) in [6.45, 7) is 4.72. The predicted octanol–water partition coefficient (Wildman–Crippen LogP) is 2.41. The van der Waals surface area contributed by atoms with E-state index in [1.165, 1.54) is 5.01 Å². The molecule has 1 aromatic heterocycles. The number of hydrogen-bond acceptors (Lipinski definition) is 7. The molecule has 0 atom stereocenters. The second-order valence-electron chi connectivity index (χ2n) is 7.66. The van der Waals surface area contributed by atoms with E-state index in [1.54, 1.807) is 42.6 Å². The first-order valence-corrected chi connectivity index (χ1v) is 10.2. The smallest absolute Gasteiger partial charge is 0.191 e. The second-order valence-corrected chi connectivity index (χ2v) is 7.66. The summed E-state index contributed by atoms with van der Waals surface area (Å²) in [6, 6.07) is 12.0. The molecule has 0 amide bonds. The number of nitrogens with two attached hydrogens (primary N) is 2. The molecule has 0 bridgehead atoms. The third kappa shape index (κ3) is 4.35. The summed E-state index contributed by atoms with van der Waals surface area (Å²) in [7, 11) is 0. The molecule has 3 aromatic rings. The van der Waals surface area contributed by atoms with E-state index in [4.69, 9.17) is 16.3 Å². The van der Waals surface area contributed by atoms with Crippen LogP contribution >= 0.6 is 0 Å². The van der Waals surface area contributed by atoms with Crippen LogP contribution in [0.5, 0.6) is 5.75 Å². The largest absolute Gasteiger partial charge is 0.508 e. The number of aryl methyl sites for hydroxylation is 1. The number of para-hydroxylation sites is 1. The molecule has 4 rings (SSSR count). The van der Waals surface area contributed by atoms with E-state index in [1.807, 2.05) is 13.0 Å². The van der Waals surface area contributed by atoms with E-state index in [0.29, 0.717) is 41.0 Å². The zero-order valence-electron chi connectivity index (χ0n) is 17.5. The lowest BCUT2D eigenvalue weighted by Gasteiger charge is -2.22. The van der Waals surface area contributed by atoms with Crippen molar-refractivity contribution in [3.05, 3.63) is 70.0 Å². The van der Waals surface area contributed by atoms with Crippen molar-refractivity contribution in [1.82, 2.24) is 4.98 Å². The number of nitrogens with zero attached hydrogens (tertiary/aromatic N) is 2. The van der Waals surface area contributed by atoms with Crippen LogP contribution in [0.4, 0.5) is 11.5 Å². The second kappa shape index (κ2) is 8.71. The fourth-order valence-electron chi connectivity index (χ4n) is 3.87. The Balaban J connectivity index is 1.75. The number of phenolic OH excluding ortho intramolecular Hbond substituents is 1. The number of hydrazine groups is 1. The lowest BCUT2D eigenvalue weighted by atomic mass is 10.1. The topological polar surface area (TPSA) is 121 Å². The first-order valence-electron chi connectivity index (χ1n) is 10.2. The van der Waals surface area contributed by atoms with Crippen LogP contribution in [-0.4, -0.2) is 36.4 Å². The van der Waals surface area contributed by atoms with Gasteiger partial charge in [0.2, 0.25) is 0 Å². The molecule has 1 saturated heterocycles. The monoisotopic (exact) mass is 421 g/mol. The van der Waals surface area contributed by atoms with Crippen LogP contribution in [0, 0.1) is 6.92 Å². The SMILES string of the molecule is Cc1cc(O)ccc1N(N)/C=C(\N)c1cccc2c(=O)cc(N3CCCOCC3)[nH]c12. The molecule has 0 saturated carbocycles. The number of aromatic hydroxyl groups is 1. The Bertz CT molecular complexity index is 1180. The van der Waals surface area contributed by atoms with Crippen molar-refractivity contribution in [3.8, 4) is 5.75 Å². The van der Waals surface area contributed by atoms with Crippen molar-refractivity contribution in [2.75, 3.05) is 36.2 Å². The van der Waals surface area contributed by atoms with Gasteiger partial charge in [-0.05, 0) is 43.2 Å². The number of benzene rings is 2. The Kier molecular flexibility index (Phi) is 5.83. The molecule has 0 radical (unpaired) electrons. The minimum Gasteiger partial charge on any atom is -0.508 e. The molecule has 2 heterocycles. The molecule has 1 fully saturated rings. The number of aromatic amines is 1. The minimum absolute atomic E-state index is 0.0671. The number of hydrogen-bond donors (Lipinski definition) is 4. The molecule has 1 aliphatic rings. The predicted molar refractivity (Wildman–Crippen MR) is 124 cm³/mol. The summed E-state index contributed by atoms with van der Waals surface area (Å²) in [6.07, 6.45) is 2.51. The fourth-order valence-corrected chi connectivity index (χ4v) is 3.87. The highest BCUT2D eigenvalue weighted by Gasteiger charge is 2.15. The van der Waals surface area contributed by atoms with Crippen molar-refractivity contribution in [2.45, 2.75) is 13.3 Å². The number of pyridine rings is 1. The van der Waals surface area contributed by atoms with E-state index in [2.05, 4.69) is 9.88 Å². The van der Waals surface area contributed by atoms with Crippen LogP contribution in [-0.2, 0) is 4.74 Å². The molecular formula is C23H27N5O3. The molecule has 0 aliphatic carbocycles. The Hall–Kier alpha value is -3.49. The van der Waals surface area contributed by atoms with Crippen molar-refractivity contribution in [3.63, 3.8) is 0 Å². The Labute approximate surface area is 180 Å². The number of phenols is 1. The molecule has 8 heteroatoms.